The molecule has 0 spiro atoms. The number of anilines is 1. The summed E-state index contributed by atoms with van der Waals surface area (Å²) in [5.74, 6) is -0.393. The van der Waals surface area contributed by atoms with Crippen LogP contribution in [0.15, 0.2) is 48.5 Å². The molecule has 0 heterocycles. The molecule has 7 nitrogen and oxygen atoms in total. The molecule has 2 rings (SSSR count). The minimum absolute atomic E-state index is 0.0357. The summed E-state index contributed by atoms with van der Waals surface area (Å²) in [6.07, 6.45) is 0. The van der Waals surface area contributed by atoms with Crippen molar-refractivity contribution in [2.45, 2.75) is 39.4 Å². The Hall–Kier alpha value is -2.21. The lowest BCUT2D eigenvalue weighted by Crippen LogP contribution is -2.15. The van der Waals surface area contributed by atoms with Crippen molar-refractivity contribution in [2.24, 2.45) is 0 Å². The third-order valence-electron chi connectivity index (χ3n) is 4.23. The molecule has 28 heavy (non-hydrogen) atoms. The number of nitro benzene ring substituents is 1. The molecule has 0 bridgehead atoms. The van der Waals surface area contributed by atoms with E-state index in [0.29, 0.717) is 11.5 Å². The Bertz CT molecular complexity index is 811. The van der Waals surface area contributed by atoms with Gasteiger partial charge in [-0.1, -0.05) is 26.0 Å². The maximum absolute atomic E-state index is 13.5. The fourth-order valence-corrected chi connectivity index (χ4v) is 4.73. The molecule has 0 aromatic heterocycles. The summed E-state index contributed by atoms with van der Waals surface area (Å²) in [6.45, 7) is 8.15. The molecule has 0 saturated carbocycles. The van der Waals surface area contributed by atoms with E-state index in [0.717, 1.165) is 5.69 Å². The van der Waals surface area contributed by atoms with Crippen LogP contribution in [0.4, 0.5) is 11.4 Å². The van der Waals surface area contributed by atoms with E-state index < -0.39 is 18.3 Å². The van der Waals surface area contributed by atoms with Gasteiger partial charge < -0.3 is 14.4 Å². The molecule has 2 aromatic rings. The van der Waals surface area contributed by atoms with Gasteiger partial charge in [-0.25, -0.2) is 0 Å². The van der Waals surface area contributed by atoms with Crippen LogP contribution in [0.1, 0.15) is 50.5 Å². The van der Waals surface area contributed by atoms with Gasteiger partial charge in [0.1, 0.15) is 0 Å². The molecule has 0 aliphatic rings. The molecule has 0 saturated heterocycles. The van der Waals surface area contributed by atoms with E-state index in [2.05, 4.69) is 19.2 Å². The fraction of sp³-hybridized carbons (Fsp3) is 0.400. The van der Waals surface area contributed by atoms with Crippen LogP contribution in [0, 0.1) is 10.1 Å². The molecule has 8 heteroatoms. The van der Waals surface area contributed by atoms with Crippen molar-refractivity contribution < 1.29 is 18.5 Å². The van der Waals surface area contributed by atoms with Crippen LogP contribution in [0.25, 0.3) is 0 Å². The predicted molar refractivity (Wildman–Crippen MR) is 111 cm³/mol. The Kier molecular flexibility index (Phi) is 7.75. The lowest BCUT2D eigenvalue weighted by atomic mass is 10.0. The van der Waals surface area contributed by atoms with E-state index in [1.165, 1.54) is 17.7 Å². The largest absolute Gasteiger partial charge is 0.368 e. The Morgan fingerprint density at radius 1 is 0.964 bits per heavy atom. The molecular weight excluding hydrogens is 379 g/mol. The van der Waals surface area contributed by atoms with Crippen LogP contribution < -0.4 is 5.32 Å². The molecule has 0 fully saturated rings. The number of hydrogen-bond donors (Lipinski definition) is 1. The van der Waals surface area contributed by atoms with Crippen molar-refractivity contribution >= 4 is 19.0 Å². The van der Waals surface area contributed by atoms with Gasteiger partial charge in [0.2, 0.25) is 0 Å². The van der Waals surface area contributed by atoms with Crippen molar-refractivity contribution in [1.29, 1.82) is 0 Å². The molecule has 152 valence electrons. The highest BCUT2D eigenvalue weighted by Crippen LogP contribution is 2.60. The maximum Gasteiger partial charge on any atom is 0.357 e. The van der Waals surface area contributed by atoms with E-state index >= 15 is 0 Å². The van der Waals surface area contributed by atoms with Crippen molar-refractivity contribution in [3.63, 3.8) is 0 Å². The van der Waals surface area contributed by atoms with Gasteiger partial charge in [-0.3, -0.25) is 14.7 Å². The zero-order valence-corrected chi connectivity index (χ0v) is 17.5. The number of non-ortho nitro benzene ring substituents is 1. The lowest BCUT2D eigenvalue weighted by Gasteiger charge is -2.28. The molecule has 0 aliphatic carbocycles. The van der Waals surface area contributed by atoms with Crippen LogP contribution in [0.2, 0.25) is 0 Å². The summed E-state index contributed by atoms with van der Waals surface area (Å²) in [7, 11) is -3.57. The number of benzene rings is 2. The monoisotopic (exact) mass is 406 g/mol. The molecule has 2 aromatic carbocycles. The van der Waals surface area contributed by atoms with Crippen LogP contribution in [0.3, 0.4) is 0 Å². The molecule has 0 unspecified atom stereocenters. The normalized spacial score (nSPS) is 12.8. The second-order valence-electron chi connectivity index (χ2n) is 6.55. The molecule has 1 N–H and O–H groups in total. The van der Waals surface area contributed by atoms with Gasteiger partial charge in [-0.2, -0.15) is 0 Å². The zero-order chi connectivity index (χ0) is 20.7. The first-order valence-electron chi connectivity index (χ1n) is 9.30. The minimum atomic E-state index is -3.57. The third-order valence-corrected chi connectivity index (χ3v) is 6.53. The van der Waals surface area contributed by atoms with Gasteiger partial charge >= 0.3 is 7.60 Å². The average Bonchev–Trinajstić information content (AvgIpc) is 2.67. The first-order chi connectivity index (χ1) is 13.3. The highest BCUT2D eigenvalue weighted by Gasteiger charge is 2.37. The Morgan fingerprint density at radius 3 is 1.89 bits per heavy atom. The number of hydrogen-bond acceptors (Lipinski definition) is 6. The second-order valence-corrected chi connectivity index (χ2v) is 8.66. The quantitative estimate of drug-likeness (QED) is 0.291. The van der Waals surface area contributed by atoms with Gasteiger partial charge in [-0.15, -0.1) is 0 Å². The van der Waals surface area contributed by atoms with E-state index in [1.807, 2.05) is 24.3 Å². The Labute approximate surface area is 165 Å². The van der Waals surface area contributed by atoms with Crippen molar-refractivity contribution in [3.8, 4) is 0 Å². The minimum Gasteiger partial charge on any atom is -0.368 e. The van der Waals surface area contributed by atoms with Crippen molar-refractivity contribution in [1.82, 2.24) is 0 Å². The Balaban J connectivity index is 2.42. The van der Waals surface area contributed by atoms with Crippen LogP contribution in [-0.2, 0) is 13.6 Å². The summed E-state index contributed by atoms with van der Waals surface area (Å²) < 4.78 is 24.5. The first-order valence-corrected chi connectivity index (χ1v) is 10.9. The van der Waals surface area contributed by atoms with Gasteiger partial charge in [0.25, 0.3) is 5.69 Å². The van der Waals surface area contributed by atoms with Crippen LogP contribution >= 0.6 is 7.60 Å². The Morgan fingerprint density at radius 2 is 1.46 bits per heavy atom. The topological polar surface area (TPSA) is 90.7 Å². The number of nitro groups is 1. The molecule has 0 amide bonds. The maximum atomic E-state index is 13.5. The number of nitrogens with one attached hydrogen (secondary N) is 1. The summed E-state index contributed by atoms with van der Waals surface area (Å²) in [5, 5.41) is 14.2. The van der Waals surface area contributed by atoms with E-state index in [1.54, 1.807) is 26.0 Å². The summed E-state index contributed by atoms with van der Waals surface area (Å²) >= 11 is 0. The molecule has 1 atom stereocenters. The summed E-state index contributed by atoms with van der Waals surface area (Å²) in [4.78, 5) is 10.5. The number of rotatable bonds is 10. The van der Waals surface area contributed by atoms with Crippen LogP contribution in [-0.4, -0.2) is 18.1 Å². The van der Waals surface area contributed by atoms with E-state index in [4.69, 9.17) is 9.05 Å². The predicted octanol–water partition coefficient (Wildman–Crippen LogP) is 6.10. The lowest BCUT2D eigenvalue weighted by molar-refractivity contribution is -0.384. The molecular formula is C20H27N2O5P. The van der Waals surface area contributed by atoms with Gasteiger partial charge in [0, 0.05) is 17.8 Å². The zero-order valence-electron chi connectivity index (χ0n) is 16.6. The fourth-order valence-electron chi connectivity index (χ4n) is 2.79. The van der Waals surface area contributed by atoms with Crippen LogP contribution in [0.5, 0.6) is 0 Å². The van der Waals surface area contributed by atoms with E-state index in [9.17, 15) is 14.7 Å². The highest BCUT2D eigenvalue weighted by atomic mass is 31.2. The van der Waals surface area contributed by atoms with Gasteiger partial charge in [0.15, 0.2) is 5.78 Å². The second kappa shape index (κ2) is 9.82. The van der Waals surface area contributed by atoms with Crippen molar-refractivity contribution in [3.05, 3.63) is 69.8 Å². The molecule has 0 aliphatic heterocycles. The van der Waals surface area contributed by atoms with E-state index in [-0.39, 0.29) is 18.9 Å². The van der Waals surface area contributed by atoms with Gasteiger partial charge in [-0.05, 0) is 55.2 Å². The molecule has 0 radical (unpaired) electrons. The summed E-state index contributed by atoms with van der Waals surface area (Å²) in [5.41, 5.74) is 2.50. The first kappa shape index (κ1) is 22.1. The highest BCUT2D eigenvalue weighted by molar-refractivity contribution is 7.54. The van der Waals surface area contributed by atoms with Crippen molar-refractivity contribution in [2.75, 3.05) is 18.5 Å². The smallest absolute Gasteiger partial charge is 0.357 e. The van der Waals surface area contributed by atoms with Gasteiger partial charge in [0.05, 0.1) is 18.1 Å². The summed E-state index contributed by atoms with van der Waals surface area (Å²) in [6, 6.07) is 13.7. The number of nitrogens with zero attached hydrogens (tertiary/aromatic N) is 1. The third kappa shape index (κ3) is 5.41. The average molecular weight is 406 g/mol. The standard InChI is InChI=1S/C20H27N2O5P/c1-5-26-28(25,27-6-2)20(17-9-13-19(14-10-17)22(23)24)21-18-11-7-16(8-12-18)15(3)4/h7-15,20-21H,5-6H2,1-4H3/t20-/m0/s1. The SMILES string of the molecule is CCOP(=O)(OCC)[C@H](Nc1ccc(C(C)C)cc1)c1ccc([N+](=O)[O-])cc1.